The molecule has 9 heteroatoms. The summed E-state index contributed by atoms with van der Waals surface area (Å²) in [6, 6.07) is 3.83. The molecule has 0 aliphatic carbocycles. The Labute approximate surface area is 109 Å². The van der Waals surface area contributed by atoms with Gasteiger partial charge in [0.25, 0.3) is 0 Å². The Kier molecular flexibility index (Phi) is 4.81. The molecule has 0 bridgehead atoms. The van der Waals surface area contributed by atoms with E-state index < -0.39 is 38.1 Å². The minimum absolute atomic E-state index is 0.0274. The fraction of sp³-hybridized carbons (Fsp3) is 0.400. The van der Waals surface area contributed by atoms with Gasteiger partial charge in [-0.25, -0.2) is 8.42 Å². The van der Waals surface area contributed by atoms with Gasteiger partial charge in [0.2, 0.25) is 0 Å². The Hall–Kier alpha value is -1.71. The molecule has 1 unspecified atom stereocenters. The van der Waals surface area contributed by atoms with Crippen LogP contribution in [0.3, 0.4) is 0 Å². The van der Waals surface area contributed by atoms with Gasteiger partial charge in [-0.2, -0.15) is 0 Å². The molecule has 0 amide bonds. The molecule has 0 heterocycles. The first-order chi connectivity index (χ1) is 8.77. The van der Waals surface area contributed by atoms with Gasteiger partial charge in [0.05, 0.1) is 17.6 Å². The summed E-state index contributed by atoms with van der Waals surface area (Å²) in [7, 11) is -3.74. The molecular weight excluding hydrogens is 276 g/mol. The van der Waals surface area contributed by atoms with Gasteiger partial charge in [-0.15, -0.1) is 0 Å². The Morgan fingerprint density at radius 2 is 2.11 bits per heavy atom. The molecule has 0 saturated carbocycles. The zero-order valence-corrected chi connectivity index (χ0v) is 10.9. The second-order valence-electron chi connectivity index (χ2n) is 3.90. The van der Waals surface area contributed by atoms with E-state index in [9.17, 15) is 23.6 Å². The SMILES string of the molecule is CS(=O)(=O)c1cccc(NCC(O)CO)c1[N+](=O)[O-]. The minimum atomic E-state index is -3.74. The quantitative estimate of drug-likeness (QED) is 0.487. The maximum Gasteiger partial charge on any atom is 0.310 e. The van der Waals surface area contributed by atoms with Crippen molar-refractivity contribution in [2.45, 2.75) is 11.0 Å². The number of aliphatic hydroxyl groups excluding tert-OH is 2. The number of nitrogens with one attached hydrogen (secondary N) is 1. The third kappa shape index (κ3) is 3.88. The van der Waals surface area contributed by atoms with Crippen molar-refractivity contribution >= 4 is 21.2 Å². The lowest BCUT2D eigenvalue weighted by molar-refractivity contribution is -0.386. The van der Waals surface area contributed by atoms with Crippen LogP contribution in [0.2, 0.25) is 0 Å². The predicted molar refractivity (Wildman–Crippen MR) is 67.8 cm³/mol. The van der Waals surface area contributed by atoms with E-state index in [1.807, 2.05) is 0 Å². The first kappa shape index (κ1) is 15.3. The van der Waals surface area contributed by atoms with Crippen molar-refractivity contribution < 1.29 is 23.6 Å². The third-order valence-corrected chi connectivity index (χ3v) is 3.45. The molecule has 1 atom stereocenters. The van der Waals surface area contributed by atoms with Gasteiger partial charge in [0, 0.05) is 12.8 Å². The number of nitro groups is 1. The molecule has 1 rings (SSSR count). The zero-order valence-electron chi connectivity index (χ0n) is 10.1. The van der Waals surface area contributed by atoms with Crippen LogP contribution in [-0.2, 0) is 9.84 Å². The molecule has 0 saturated heterocycles. The normalized spacial score (nSPS) is 13.0. The monoisotopic (exact) mass is 290 g/mol. The van der Waals surface area contributed by atoms with Crippen molar-refractivity contribution in [2.24, 2.45) is 0 Å². The van der Waals surface area contributed by atoms with Gasteiger partial charge < -0.3 is 15.5 Å². The smallest absolute Gasteiger partial charge is 0.310 e. The van der Waals surface area contributed by atoms with E-state index in [1.54, 1.807) is 0 Å². The molecule has 0 radical (unpaired) electrons. The summed E-state index contributed by atoms with van der Waals surface area (Å²) in [5.74, 6) is 0. The van der Waals surface area contributed by atoms with Crippen molar-refractivity contribution in [3.8, 4) is 0 Å². The lowest BCUT2D eigenvalue weighted by Gasteiger charge is -2.11. The molecule has 1 aromatic rings. The van der Waals surface area contributed by atoms with E-state index in [0.29, 0.717) is 0 Å². The van der Waals surface area contributed by atoms with Crippen molar-refractivity contribution in [1.82, 2.24) is 0 Å². The molecule has 1 aromatic carbocycles. The zero-order chi connectivity index (χ0) is 14.6. The van der Waals surface area contributed by atoms with Crippen LogP contribution in [0.15, 0.2) is 23.1 Å². The number of rotatable bonds is 6. The minimum Gasteiger partial charge on any atom is -0.394 e. The van der Waals surface area contributed by atoms with Gasteiger partial charge in [0.1, 0.15) is 10.6 Å². The average molecular weight is 290 g/mol. The molecule has 106 valence electrons. The van der Waals surface area contributed by atoms with Gasteiger partial charge in [0.15, 0.2) is 9.84 Å². The van der Waals surface area contributed by atoms with E-state index in [0.717, 1.165) is 12.3 Å². The summed E-state index contributed by atoms with van der Waals surface area (Å²) in [4.78, 5) is 9.79. The Bertz CT molecular complexity index is 571. The highest BCUT2D eigenvalue weighted by molar-refractivity contribution is 7.90. The van der Waals surface area contributed by atoms with Gasteiger partial charge in [-0.3, -0.25) is 10.1 Å². The van der Waals surface area contributed by atoms with Crippen LogP contribution in [0.5, 0.6) is 0 Å². The second kappa shape index (κ2) is 5.95. The van der Waals surface area contributed by atoms with Gasteiger partial charge in [-0.1, -0.05) is 6.07 Å². The van der Waals surface area contributed by atoms with Crippen LogP contribution in [0.4, 0.5) is 11.4 Å². The van der Waals surface area contributed by atoms with Crippen LogP contribution < -0.4 is 5.32 Å². The van der Waals surface area contributed by atoms with E-state index in [4.69, 9.17) is 5.11 Å². The van der Waals surface area contributed by atoms with Crippen LogP contribution in [0.25, 0.3) is 0 Å². The van der Waals surface area contributed by atoms with E-state index in [2.05, 4.69) is 5.32 Å². The standard InChI is InChI=1S/C10H14N2O6S/c1-19(17,18)9-4-2-3-8(10(9)12(15)16)11-5-7(14)6-13/h2-4,7,11,13-14H,5-6H2,1H3. The van der Waals surface area contributed by atoms with Crippen molar-refractivity contribution in [2.75, 3.05) is 24.7 Å². The van der Waals surface area contributed by atoms with Gasteiger partial charge in [-0.05, 0) is 12.1 Å². The molecule has 0 aliphatic heterocycles. The highest BCUT2D eigenvalue weighted by Gasteiger charge is 2.26. The summed E-state index contributed by atoms with van der Waals surface area (Å²) in [5, 5.41) is 31.4. The second-order valence-corrected chi connectivity index (χ2v) is 5.88. The lowest BCUT2D eigenvalue weighted by atomic mass is 10.2. The number of para-hydroxylation sites is 1. The number of anilines is 1. The predicted octanol–water partition coefficient (Wildman–Crippen LogP) is -0.237. The number of aliphatic hydroxyl groups is 2. The Balaban J connectivity index is 3.22. The topological polar surface area (TPSA) is 130 Å². The first-order valence-corrected chi connectivity index (χ1v) is 7.16. The van der Waals surface area contributed by atoms with Crippen molar-refractivity contribution in [3.05, 3.63) is 28.3 Å². The largest absolute Gasteiger partial charge is 0.394 e. The summed E-state index contributed by atoms with van der Waals surface area (Å²) >= 11 is 0. The molecule has 19 heavy (non-hydrogen) atoms. The summed E-state index contributed by atoms with van der Waals surface area (Å²) in [5.41, 5.74) is -0.601. The molecule has 0 aliphatic rings. The maximum atomic E-state index is 11.5. The van der Waals surface area contributed by atoms with E-state index in [1.165, 1.54) is 12.1 Å². The third-order valence-electron chi connectivity index (χ3n) is 2.32. The van der Waals surface area contributed by atoms with E-state index in [-0.39, 0.29) is 12.2 Å². The van der Waals surface area contributed by atoms with E-state index >= 15 is 0 Å². The lowest BCUT2D eigenvalue weighted by Crippen LogP contribution is -2.23. The van der Waals surface area contributed by atoms with Crippen molar-refractivity contribution in [3.63, 3.8) is 0 Å². The molecule has 8 nitrogen and oxygen atoms in total. The average Bonchev–Trinajstić information content (AvgIpc) is 2.34. The molecule has 0 spiro atoms. The summed E-state index contributed by atoms with van der Waals surface area (Å²) < 4.78 is 23.0. The molecule has 0 aromatic heterocycles. The van der Waals surface area contributed by atoms with Crippen LogP contribution in [0, 0.1) is 10.1 Å². The summed E-state index contributed by atoms with van der Waals surface area (Å²) in [6.07, 6.45) is -0.219. The fourth-order valence-corrected chi connectivity index (χ4v) is 2.31. The number of nitrogens with zero attached hydrogens (tertiary/aromatic N) is 1. The number of sulfone groups is 1. The number of hydrogen-bond acceptors (Lipinski definition) is 7. The van der Waals surface area contributed by atoms with Crippen LogP contribution in [-0.4, -0.2) is 49.1 Å². The molecular formula is C10H14N2O6S. The van der Waals surface area contributed by atoms with Crippen LogP contribution >= 0.6 is 0 Å². The molecule has 3 N–H and O–H groups in total. The van der Waals surface area contributed by atoms with Crippen molar-refractivity contribution in [1.29, 1.82) is 0 Å². The Morgan fingerprint density at radius 1 is 1.47 bits per heavy atom. The summed E-state index contributed by atoms with van der Waals surface area (Å²) in [6.45, 7) is -0.642. The van der Waals surface area contributed by atoms with Gasteiger partial charge >= 0.3 is 5.69 Å². The molecule has 0 fully saturated rings. The highest BCUT2D eigenvalue weighted by atomic mass is 32.2. The highest BCUT2D eigenvalue weighted by Crippen LogP contribution is 2.31. The number of nitro benzene ring substituents is 1. The fourth-order valence-electron chi connectivity index (χ4n) is 1.44. The maximum absolute atomic E-state index is 11.5. The first-order valence-electron chi connectivity index (χ1n) is 5.27. The number of hydrogen-bond donors (Lipinski definition) is 3. The number of benzene rings is 1. The van der Waals surface area contributed by atoms with Crippen LogP contribution in [0.1, 0.15) is 0 Å². The Morgan fingerprint density at radius 3 is 2.58 bits per heavy atom.